The Morgan fingerprint density at radius 3 is 1.97 bits per heavy atom. The first-order valence-electron chi connectivity index (χ1n) is 21.4. The van der Waals surface area contributed by atoms with E-state index in [0.29, 0.717) is 25.4 Å². The minimum Gasteiger partial charge on any atom is -0.453 e. The molecule has 3 aromatic heterocycles. The van der Waals surface area contributed by atoms with E-state index in [9.17, 15) is 19.2 Å². The van der Waals surface area contributed by atoms with Gasteiger partial charge in [0, 0.05) is 56.0 Å². The molecule has 0 saturated carbocycles. The molecule has 6 atom stereocenters. The molecule has 13 nitrogen and oxygen atoms in total. The van der Waals surface area contributed by atoms with Gasteiger partial charge in [-0.2, -0.15) is 0 Å². The second-order valence-corrected chi connectivity index (χ2v) is 19.8. The zero-order chi connectivity index (χ0) is 44.0. The van der Waals surface area contributed by atoms with Gasteiger partial charge in [-0.05, 0) is 71.4 Å². The smallest absolute Gasteiger partial charge is 0.407 e. The van der Waals surface area contributed by atoms with Crippen LogP contribution in [-0.2, 0) is 25.5 Å². The van der Waals surface area contributed by atoms with Crippen LogP contribution in [0.1, 0.15) is 71.1 Å². The summed E-state index contributed by atoms with van der Waals surface area (Å²) in [6.45, 7) is 13.2. The third-order valence-corrected chi connectivity index (χ3v) is 14.6. The van der Waals surface area contributed by atoms with Gasteiger partial charge >= 0.3 is 12.2 Å². The lowest BCUT2D eigenvalue weighted by Gasteiger charge is -2.31. The van der Waals surface area contributed by atoms with Gasteiger partial charge in [-0.3, -0.25) is 14.6 Å². The molecule has 2 aromatic carbocycles. The summed E-state index contributed by atoms with van der Waals surface area (Å²) in [5.74, 6) is 0.911. The highest BCUT2D eigenvalue weighted by atomic mass is 32.1. The van der Waals surface area contributed by atoms with Crippen molar-refractivity contribution < 1.29 is 28.7 Å². The maximum absolute atomic E-state index is 13.8. The molecule has 2 fully saturated rings. The molecule has 5 aromatic rings. The number of imidazole rings is 1. The topological polar surface area (TPSA) is 158 Å². The van der Waals surface area contributed by atoms with Gasteiger partial charge in [0.1, 0.15) is 17.9 Å². The summed E-state index contributed by atoms with van der Waals surface area (Å²) in [5.41, 5.74) is 7.28. The first-order chi connectivity index (χ1) is 29.7. The molecular formula is C47H55N7O6S2. The number of H-pyrrole nitrogens is 1. The first kappa shape index (κ1) is 43.1. The maximum atomic E-state index is 13.8. The Balaban J connectivity index is 0.975. The average molecular weight is 878 g/mol. The summed E-state index contributed by atoms with van der Waals surface area (Å²) in [4.78, 5) is 71.4. The number of aromatic nitrogens is 2. The number of carbonyl (C=O) groups excluding carboxylic acids is 4. The van der Waals surface area contributed by atoms with Crippen LogP contribution in [0.3, 0.4) is 0 Å². The van der Waals surface area contributed by atoms with Gasteiger partial charge in [0.05, 0.1) is 43.9 Å². The predicted octanol–water partition coefficient (Wildman–Crippen LogP) is 9.22. The van der Waals surface area contributed by atoms with Crippen molar-refractivity contribution in [1.82, 2.24) is 30.4 Å². The number of carbonyl (C=O) groups is 4. The van der Waals surface area contributed by atoms with Gasteiger partial charge in [0.25, 0.3) is 0 Å². The Morgan fingerprint density at radius 2 is 1.37 bits per heavy atom. The van der Waals surface area contributed by atoms with E-state index in [4.69, 9.17) is 19.5 Å². The molecule has 0 unspecified atom stereocenters. The van der Waals surface area contributed by atoms with Crippen molar-refractivity contribution >= 4 is 68.2 Å². The highest BCUT2D eigenvalue weighted by molar-refractivity contribution is 7.17. The molecule has 0 bridgehead atoms. The number of fused-ring (bicyclic) bond motifs is 2. The van der Waals surface area contributed by atoms with Crippen molar-refractivity contribution in [3.05, 3.63) is 70.8 Å². The molecule has 0 spiro atoms. The molecule has 326 valence electrons. The standard InChI is InChI=1S/C47H55N7O6S2/c1-24(2)41(51-46(57)59-7)44(55)53-21-26(5)15-36(53)33-18-40-34(49-33)19-39(62-40)29-11-9-28(10-12-29)30-13-14-38-31(17-30)32(23-61-38)35-20-48-43(50-35)37-16-27(6)22-54(37)45(56)42(25(3)4)52-47(58)60-8/h9-14,17,19-20,23-27,36-37,41-42H,15-16,18,21-22H2,1-8H3,(H,48,50)(H,51,57)(H,52,58)/t26-,27-,36-,37-,41-,42-/m0/s1. The Bertz CT molecular complexity index is 2520. The van der Waals surface area contributed by atoms with Gasteiger partial charge in [-0.15, -0.1) is 22.7 Å². The first-order valence-corrected chi connectivity index (χ1v) is 23.1. The average Bonchev–Trinajstić information content (AvgIpc) is 4.12. The molecule has 6 heterocycles. The number of nitrogens with one attached hydrogen (secondary N) is 3. The number of ether oxygens (including phenoxy) is 2. The number of likely N-dealkylation sites (tertiary alicyclic amines) is 2. The highest BCUT2D eigenvalue weighted by Gasteiger charge is 2.42. The number of hydrogen-bond acceptors (Lipinski definition) is 10. The molecular weight excluding hydrogens is 823 g/mol. The van der Waals surface area contributed by atoms with Crippen molar-refractivity contribution in [1.29, 1.82) is 0 Å². The third kappa shape index (κ3) is 8.48. The summed E-state index contributed by atoms with van der Waals surface area (Å²) in [5, 5.41) is 8.76. The number of nitrogens with zero attached hydrogens (tertiary/aromatic N) is 4. The Kier molecular flexibility index (Phi) is 12.3. The predicted molar refractivity (Wildman–Crippen MR) is 245 cm³/mol. The lowest BCUT2D eigenvalue weighted by molar-refractivity contribution is -0.136. The number of rotatable bonds is 11. The third-order valence-electron chi connectivity index (χ3n) is 12.4. The Labute approximate surface area is 370 Å². The number of methoxy groups -OCH3 is 2. The summed E-state index contributed by atoms with van der Waals surface area (Å²) in [6, 6.07) is 15.7. The fourth-order valence-corrected chi connectivity index (χ4v) is 11.2. The molecule has 15 heteroatoms. The number of amides is 4. The Hall–Kier alpha value is -5.54. The molecule has 62 heavy (non-hydrogen) atoms. The number of thiophene rings is 2. The van der Waals surface area contributed by atoms with Crippen molar-refractivity contribution in [3.8, 4) is 32.8 Å². The summed E-state index contributed by atoms with van der Waals surface area (Å²) < 4.78 is 10.8. The number of aromatic amines is 1. The van der Waals surface area contributed by atoms with E-state index < -0.39 is 24.3 Å². The number of alkyl carbamates (subject to hydrolysis) is 2. The van der Waals surface area contributed by atoms with Crippen molar-refractivity contribution in [2.75, 3.05) is 27.3 Å². The van der Waals surface area contributed by atoms with E-state index in [2.05, 4.69) is 83.4 Å². The maximum Gasteiger partial charge on any atom is 0.407 e. The quantitative estimate of drug-likeness (QED) is 0.119. The normalized spacial score (nSPS) is 20.7. The molecule has 3 N–H and O–H groups in total. The van der Waals surface area contributed by atoms with Crippen molar-refractivity contribution in [2.45, 2.75) is 85.0 Å². The molecule has 3 aliphatic rings. The molecule has 0 aliphatic carbocycles. The van der Waals surface area contributed by atoms with Crippen LogP contribution in [0.5, 0.6) is 0 Å². The molecule has 2 saturated heterocycles. The van der Waals surface area contributed by atoms with Crippen LogP contribution < -0.4 is 10.6 Å². The van der Waals surface area contributed by atoms with Gasteiger partial charge < -0.3 is 34.9 Å². The zero-order valence-electron chi connectivity index (χ0n) is 36.5. The second-order valence-electron chi connectivity index (χ2n) is 17.7. The lowest BCUT2D eigenvalue weighted by atomic mass is 10.0. The van der Waals surface area contributed by atoms with Crippen LogP contribution >= 0.6 is 22.7 Å². The zero-order valence-corrected chi connectivity index (χ0v) is 38.1. The van der Waals surface area contributed by atoms with Gasteiger partial charge in [0.15, 0.2) is 0 Å². The number of benzene rings is 2. The van der Waals surface area contributed by atoms with E-state index >= 15 is 0 Å². The fraction of sp³-hybridized carbons (Fsp3) is 0.447. The summed E-state index contributed by atoms with van der Waals surface area (Å²) >= 11 is 3.44. The van der Waals surface area contributed by atoms with Gasteiger partial charge in [-0.1, -0.05) is 71.9 Å². The molecule has 8 rings (SSSR count). The minimum absolute atomic E-state index is 0.0894. The van der Waals surface area contributed by atoms with E-state index in [1.807, 2.05) is 43.7 Å². The summed E-state index contributed by atoms with van der Waals surface area (Å²) in [6.07, 6.45) is 2.96. The van der Waals surface area contributed by atoms with Crippen molar-refractivity contribution in [3.63, 3.8) is 0 Å². The van der Waals surface area contributed by atoms with Crippen LogP contribution in [-0.4, -0.2) is 94.9 Å². The van der Waals surface area contributed by atoms with E-state index in [1.54, 1.807) is 22.7 Å². The largest absolute Gasteiger partial charge is 0.453 e. The number of hydrogen-bond donors (Lipinski definition) is 3. The lowest BCUT2D eigenvalue weighted by Crippen LogP contribution is -2.53. The van der Waals surface area contributed by atoms with Crippen LogP contribution in [0.25, 0.3) is 42.9 Å². The second kappa shape index (κ2) is 17.7. The van der Waals surface area contributed by atoms with Crippen LogP contribution in [0.15, 0.2) is 65.1 Å². The monoisotopic (exact) mass is 877 g/mol. The Morgan fingerprint density at radius 1 is 0.790 bits per heavy atom. The summed E-state index contributed by atoms with van der Waals surface area (Å²) in [7, 11) is 2.61. The van der Waals surface area contributed by atoms with E-state index in [-0.39, 0.29) is 41.7 Å². The molecule has 4 amide bonds. The van der Waals surface area contributed by atoms with Crippen LogP contribution in [0, 0.1) is 23.7 Å². The molecule has 3 aliphatic heterocycles. The highest BCUT2D eigenvalue weighted by Crippen LogP contribution is 2.43. The van der Waals surface area contributed by atoms with E-state index in [0.717, 1.165) is 68.3 Å². The van der Waals surface area contributed by atoms with Crippen LogP contribution in [0.4, 0.5) is 15.3 Å². The molecule has 0 radical (unpaired) electrons. The SMILES string of the molecule is COC(=O)N[C@H](C(=O)N1C[C@@H](C)C[C@H]1C1=Nc2cc(-c3ccc(-c4ccc5scc(-c6cnc([C@@H]7C[C@H](C)CN7C(=O)[C@@H](NC(=O)OC)C(C)C)[nH]6)c5c4)cc3)sc2C1)C(C)C. The van der Waals surface area contributed by atoms with Gasteiger partial charge in [-0.25, -0.2) is 14.6 Å². The number of aliphatic imine (C=N–C) groups is 1. The fourth-order valence-electron chi connectivity index (χ4n) is 9.13. The van der Waals surface area contributed by atoms with Crippen molar-refractivity contribution in [2.24, 2.45) is 28.7 Å². The minimum atomic E-state index is -0.702. The van der Waals surface area contributed by atoms with Crippen LogP contribution in [0.2, 0.25) is 0 Å². The van der Waals surface area contributed by atoms with Gasteiger partial charge in [0.2, 0.25) is 11.8 Å². The van der Waals surface area contributed by atoms with E-state index in [1.165, 1.54) is 23.8 Å².